The van der Waals surface area contributed by atoms with Crippen molar-refractivity contribution in [1.82, 2.24) is 9.80 Å². The predicted molar refractivity (Wildman–Crippen MR) is 115 cm³/mol. The van der Waals surface area contributed by atoms with Crippen molar-refractivity contribution in [2.24, 2.45) is 0 Å². The number of rotatable bonds is 5. The van der Waals surface area contributed by atoms with Crippen molar-refractivity contribution in [3.05, 3.63) is 63.1 Å². The summed E-state index contributed by atoms with van der Waals surface area (Å²) in [5.74, 6) is 0.122. The maximum absolute atomic E-state index is 12.0. The first-order valence-corrected chi connectivity index (χ1v) is 9.94. The van der Waals surface area contributed by atoms with Crippen LogP contribution in [0.4, 0.5) is 10.5 Å². The van der Waals surface area contributed by atoms with E-state index in [0.29, 0.717) is 28.9 Å². The molecule has 0 aliphatic carbocycles. The van der Waals surface area contributed by atoms with Crippen LogP contribution in [-0.4, -0.2) is 56.7 Å². The van der Waals surface area contributed by atoms with Gasteiger partial charge in [0.15, 0.2) is 0 Å². The fourth-order valence-corrected chi connectivity index (χ4v) is 4.01. The highest BCUT2D eigenvalue weighted by molar-refractivity contribution is 6.35. The lowest BCUT2D eigenvalue weighted by Crippen LogP contribution is -2.31. The largest absolute Gasteiger partial charge is 0.448 e. The lowest BCUT2D eigenvalue weighted by atomic mass is 9.84. The van der Waals surface area contributed by atoms with E-state index >= 15 is 0 Å². The Hall–Kier alpha value is -1.79. The summed E-state index contributed by atoms with van der Waals surface area (Å²) >= 11 is 12.7. The van der Waals surface area contributed by atoms with Crippen molar-refractivity contribution in [2.45, 2.75) is 12.5 Å². The first-order chi connectivity index (χ1) is 13.3. The van der Waals surface area contributed by atoms with E-state index in [0.717, 1.165) is 29.8 Å². The molecule has 2 aromatic carbocycles. The monoisotopic (exact) mass is 421 g/mol. The minimum atomic E-state index is -0.453. The van der Waals surface area contributed by atoms with Crippen LogP contribution in [0.3, 0.4) is 0 Å². The summed E-state index contributed by atoms with van der Waals surface area (Å²) in [7, 11) is 5.94. The van der Waals surface area contributed by atoms with E-state index in [4.69, 9.17) is 27.9 Å². The van der Waals surface area contributed by atoms with Crippen molar-refractivity contribution < 1.29 is 9.53 Å². The Morgan fingerprint density at radius 3 is 2.82 bits per heavy atom. The number of fused-ring (bicyclic) bond motifs is 1. The second-order valence-electron chi connectivity index (χ2n) is 7.39. The normalized spacial score (nSPS) is 16.7. The Bertz CT molecular complexity index is 858. The summed E-state index contributed by atoms with van der Waals surface area (Å²) in [6.07, 6.45) is -0.453. The van der Waals surface area contributed by atoms with Gasteiger partial charge in [-0.1, -0.05) is 35.3 Å². The number of nitrogens with zero attached hydrogens (tertiary/aromatic N) is 2. The molecule has 1 unspecified atom stereocenters. The molecule has 2 aromatic rings. The lowest BCUT2D eigenvalue weighted by molar-refractivity contribution is 0.151. The van der Waals surface area contributed by atoms with Crippen LogP contribution < -0.4 is 5.32 Å². The van der Waals surface area contributed by atoms with Crippen LogP contribution >= 0.6 is 23.2 Å². The van der Waals surface area contributed by atoms with Crippen LogP contribution in [0.5, 0.6) is 0 Å². The van der Waals surface area contributed by atoms with Gasteiger partial charge in [-0.05, 0) is 62.1 Å². The first kappa shape index (κ1) is 20.9. The van der Waals surface area contributed by atoms with E-state index < -0.39 is 6.09 Å². The van der Waals surface area contributed by atoms with Crippen LogP contribution in [0.15, 0.2) is 36.4 Å². The third-order valence-corrected chi connectivity index (χ3v) is 5.35. The van der Waals surface area contributed by atoms with Crippen molar-refractivity contribution >= 4 is 35.0 Å². The number of hydrogen-bond donors (Lipinski definition) is 1. The molecule has 0 bridgehead atoms. The van der Waals surface area contributed by atoms with E-state index in [1.807, 2.05) is 43.3 Å². The number of nitrogens with one attached hydrogen (secondary N) is 1. The Labute approximate surface area is 176 Å². The number of anilines is 1. The Morgan fingerprint density at radius 2 is 2.07 bits per heavy atom. The van der Waals surface area contributed by atoms with Crippen molar-refractivity contribution in [3.63, 3.8) is 0 Å². The molecule has 150 valence electrons. The molecular weight excluding hydrogens is 397 g/mol. The number of carbonyl (C=O) groups is 1. The van der Waals surface area contributed by atoms with Gasteiger partial charge in [-0.25, -0.2) is 4.79 Å². The maximum atomic E-state index is 12.0. The average Bonchev–Trinajstić information content (AvgIpc) is 2.61. The van der Waals surface area contributed by atoms with E-state index in [1.165, 1.54) is 0 Å². The molecule has 28 heavy (non-hydrogen) atoms. The molecule has 1 heterocycles. The Kier molecular flexibility index (Phi) is 6.83. The fraction of sp³-hybridized carbons (Fsp3) is 0.381. The molecule has 3 rings (SSSR count). The number of halogens is 2. The van der Waals surface area contributed by atoms with Gasteiger partial charge in [-0.3, -0.25) is 5.32 Å². The Balaban J connectivity index is 1.80. The van der Waals surface area contributed by atoms with Crippen LogP contribution in [0.2, 0.25) is 10.0 Å². The summed E-state index contributed by atoms with van der Waals surface area (Å²) in [5, 5.41) is 4.14. The number of carbonyl (C=O) groups excluding carboxylic acids is 1. The van der Waals surface area contributed by atoms with Gasteiger partial charge in [0.05, 0.1) is 0 Å². The minimum absolute atomic E-state index is 0.122. The molecule has 0 saturated heterocycles. The molecule has 1 aliphatic rings. The van der Waals surface area contributed by atoms with Gasteiger partial charge < -0.3 is 14.5 Å². The minimum Gasteiger partial charge on any atom is -0.448 e. The van der Waals surface area contributed by atoms with Crippen LogP contribution in [0.25, 0.3) is 0 Å². The molecule has 1 amide bonds. The fourth-order valence-electron chi connectivity index (χ4n) is 3.44. The molecule has 5 nitrogen and oxygen atoms in total. The zero-order valence-corrected chi connectivity index (χ0v) is 17.8. The van der Waals surface area contributed by atoms with Gasteiger partial charge in [0.1, 0.15) is 6.61 Å². The van der Waals surface area contributed by atoms with E-state index in [2.05, 4.69) is 23.3 Å². The second-order valence-corrected chi connectivity index (χ2v) is 8.24. The van der Waals surface area contributed by atoms with Gasteiger partial charge in [-0.2, -0.15) is 0 Å². The maximum Gasteiger partial charge on any atom is 0.411 e. The topological polar surface area (TPSA) is 44.8 Å². The van der Waals surface area contributed by atoms with E-state index in [9.17, 15) is 4.79 Å². The molecule has 1 aliphatic heterocycles. The number of likely N-dealkylation sites (N-methyl/N-ethyl adjacent to an activating group) is 2. The molecule has 0 saturated carbocycles. The quantitative estimate of drug-likeness (QED) is 0.760. The van der Waals surface area contributed by atoms with Gasteiger partial charge in [-0.15, -0.1) is 0 Å². The van der Waals surface area contributed by atoms with Crippen molar-refractivity contribution in [2.75, 3.05) is 46.2 Å². The highest BCUT2D eigenvalue weighted by atomic mass is 35.5. The Morgan fingerprint density at radius 1 is 1.29 bits per heavy atom. The molecule has 0 aromatic heterocycles. The first-order valence-electron chi connectivity index (χ1n) is 9.18. The number of benzene rings is 2. The number of hydrogen-bond acceptors (Lipinski definition) is 4. The molecule has 0 spiro atoms. The highest BCUT2D eigenvalue weighted by Gasteiger charge is 2.27. The number of amides is 1. The summed E-state index contributed by atoms with van der Waals surface area (Å²) < 4.78 is 5.21. The second kappa shape index (κ2) is 9.14. The summed E-state index contributed by atoms with van der Waals surface area (Å²) in [4.78, 5) is 16.2. The standard InChI is InChI=1S/C21H25Cl2N3O2/c1-25(2)7-8-28-21(27)24-16-6-4-5-14(9-16)18-12-26(3)13-19-17(18)10-15(22)11-20(19)23/h4-6,9-11,18H,7-8,12-13H2,1-3H3,(H,24,27). The van der Waals surface area contributed by atoms with Gasteiger partial charge in [0, 0.05) is 41.3 Å². The summed E-state index contributed by atoms with van der Waals surface area (Å²) in [6, 6.07) is 11.6. The number of ether oxygens (including phenoxy) is 1. The zero-order valence-electron chi connectivity index (χ0n) is 16.3. The van der Waals surface area contributed by atoms with Crippen LogP contribution in [0, 0.1) is 0 Å². The predicted octanol–water partition coefficient (Wildman–Crippen LogP) is 4.68. The smallest absolute Gasteiger partial charge is 0.411 e. The third kappa shape index (κ3) is 5.17. The molecule has 7 heteroatoms. The molecular formula is C21H25Cl2N3O2. The highest BCUT2D eigenvalue weighted by Crippen LogP contribution is 2.38. The SMILES string of the molecule is CN(C)CCOC(=O)Nc1cccc(C2CN(C)Cc3c(Cl)cc(Cl)cc32)c1. The molecule has 0 fully saturated rings. The molecule has 1 N–H and O–H groups in total. The van der Waals surface area contributed by atoms with Crippen LogP contribution in [0.1, 0.15) is 22.6 Å². The summed E-state index contributed by atoms with van der Waals surface area (Å²) in [6.45, 7) is 2.66. The van der Waals surface area contributed by atoms with E-state index in [-0.39, 0.29) is 5.92 Å². The van der Waals surface area contributed by atoms with Gasteiger partial charge >= 0.3 is 6.09 Å². The van der Waals surface area contributed by atoms with Gasteiger partial charge in [0.25, 0.3) is 0 Å². The van der Waals surface area contributed by atoms with Crippen molar-refractivity contribution in [3.8, 4) is 0 Å². The van der Waals surface area contributed by atoms with E-state index in [1.54, 1.807) is 6.07 Å². The zero-order chi connectivity index (χ0) is 20.3. The van der Waals surface area contributed by atoms with Crippen LogP contribution in [-0.2, 0) is 11.3 Å². The average molecular weight is 422 g/mol. The van der Waals surface area contributed by atoms with Gasteiger partial charge in [0.2, 0.25) is 0 Å². The van der Waals surface area contributed by atoms with Crippen molar-refractivity contribution in [1.29, 1.82) is 0 Å². The molecule has 0 radical (unpaired) electrons. The third-order valence-electron chi connectivity index (χ3n) is 4.80. The lowest BCUT2D eigenvalue weighted by Gasteiger charge is -2.33. The molecule has 1 atom stereocenters. The summed E-state index contributed by atoms with van der Waals surface area (Å²) in [5.41, 5.74) is 4.04.